The number of Topliss-reactive ketones (excluding diaryl/α,β-unsaturated/α-hetero) is 1. The second-order valence-electron chi connectivity index (χ2n) is 4.83. The van der Waals surface area contributed by atoms with Crippen molar-refractivity contribution in [2.24, 2.45) is 0 Å². The second kappa shape index (κ2) is 5.59. The van der Waals surface area contributed by atoms with Crippen molar-refractivity contribution in [3.63, 3.8) is 0 Å². The number of benzene rings is 2. The van der Waals surface area contributed by atoms with Crippen LogP contribution in [0.25, 0.3) is 0 Å². The zero-order valence-electron chi connectivity index (χ0n) is 11.5. The summed E-state index contributed by atoms with van der Waals surface area (Å²) in [6.45, 7) is 3.41. The van der Waals surface area contributed by atoms with E-state index in [1.807, 2.05) is 31.2 Å². The van der Waals surface area contributed by atoms with Crippen LogP contribution in [0, 0.1) is 6.92 Å². The number of rotatable bonds is 4. The minimum Gasteiger partial charge on any atom is -0.295 e. The summed E-state index contributed by atoms with van der Waals surface area (Å²) in [5.74, 6) is -0.111. The molecule has 2 aromatic rings. The number of sulfone groups is 1. The van der Waals surface area contributed by atoms with Crippen molar-refractivity contribution in [3.8, 4) is 0 Å². The molecule has 4 heteroatoms. The average molecular weight is 288 g/mol. The number of aryl methyl sites for hydroxylation is 1. The monoisotopic (exact) mass is 288 g/mol. The lowest BCUT2D eigenvalue weighted by Gasteiger charge is -2.06. The number of hydrogen-bond donors (Lipinski definition) is 0. The van der Waals surface area contributed by atoms with E-state index in [1.165, 1.54) is 19.1 Å². The molecule has 0 atom stereocenters. The summed E-state index contributed by atoms with van der Waals surface area (Å²) < 4.78 is 24.6. The van der Waals surface area contributed by atoms with Crippen molar-refractivity contribution in [2.75, 3.05) is 0 Å². The fourth-order valence-electron chi connectivity index (χ4n) is 1.88. The van der Waals surface area contributed by atoms with Crippen molar-refractivity contribution >= 4 is 15.6 Å². The summed E-state index contributed by atoms with van der Waals surface area (Å²) in [7, 11) is -3.38. The summed E-state index contributed by atoms with van der Waals surface area (Å²) in [5.41, 5.74) is 2.36. The summed E-state index contributed by atoms with van der Waals surface area (Å²) in [4.78, 5) is 11.4. The maximum Gasteiger partial charge on any atom is 0.182 e. The van der Waals surface area contributed by atoms with Crippen LogP contribution in [0.3, 0.4) is 0 Å². The minimum absolute atomic E-state index is 0.0350. The van der Waals surface area contributed by atoms with Crippen molar-refractivity contribution in [1.29, 1.82) is 0 Å². The van der Waals surface area contributed by atoms with Crippen molar-refractivity contribution in [3.05, 3.63) is 65.2 Å². The molecular formula is C16H16O3S. The highest BCUT2D eigenvalue weighted by Crippen LogP contribution is 2.17. The van der Waals surface area contributed by atoms with Gasteiger partial charge in [-0.15, -0.1) is 0 Å². The Hall–Kier alpha value is -1.94. The Morgan fingerprint density at radius 3 is 2.00 bits per heavy atom. The van der Waals surface area contributed by atoms with Gasteiger partial charge in [-0.1, -0.05) is 42.0 Å². The average Bonchev–Trinajstić information content (AvgIpc) is 2.41. The molecule has 20 heavy (non-hydrogen) atoms. The predicted molar refractivity (Wildman–Crippen MR) is 78.5 cm³/mol. The summed E-state index contributed by atoms with van der Waals surface area (Å²) in [6.07, 6.45) is 0. The predicted octanol–water partition coefficient (Wildman–Crippen LogP) is 3.17. The topological polar surface area (TPSA) is 51.2 Å². The molecule has 0 aromatic heterocycles. The van der Waals surface area contributed by atoms with E-state index in [0.717, 1.165) is 11.1 Å². The van der Waals surface area contributed by atoms with E-state index in [4.69, 9.17) is 0 Å². The zero-order chi connectivity index (χ0) is 14.8. The first kappa shape index (κ1) is 14.5. The Morgan fingerprint density at radius 2 is 1.50 bits per heavy atom. The van der Waals surface area contributed by atoms with Crippen molar-refractivity contribution < 1.29 is 13.2 Å². The molecule has 2 aromatic carbocycles. The van der Waals surface area contributed by atoms with Crippen LogP contribution in [0.2, 0.25) is 0 Å². The lowest BCUT2D eigenvalue weighted by atomic mass is 10.2. The molecule has 2 rings (SSSR count). The molecule has 0 spiro atoms. The third-order valence-electron chi connectivity index (χ3n) is 3.10. The molecule has 0 amide bonds. The van der Waals surface area contributed by atoms with E-state index in [1.54, 1.807) is 12.1 Å². The van der Waals surface area contributed by atoms with Crippen molar-refractivity contribution in [2.45, 2.75) is 24.5 Å². The molecular weight excluding hydrogens is 272 g/mol. The van der Waals surface area contributed by atoms with Gasteiger partial charge in [-0.2, -0.15) is 0 Å². The van der Waals surface area contributed by atoms with Gasteiger partial charge in [-0.25, -0.2) is 8.42 Å². The molecule has 0 aliphatic carbocycles. The lowest BCUT2D eigenvalue weighted by molar-refractivity contribution is 0.101. The zero-order valence-corrected chi connectivity index (χ0v) is 12.3. The van der Waals surface area contributed by atoms with Crippen LogP contribution in [0.1, 0.15) is 28.4 Å². The van der Waals surface area contributed by atoms with Gasteiger partial charge < -0.3 is 0 Å². The SMILES string of the molecule is CC(=O)c1ccc(S(=O)(=O)Cc2ccc(C)cc2)cc1. The first-order valence-corrected chi connectivity index (χ1v) is 7.93. The molecule has 0 N–H and O–H groups in total. The largest absolute Gasteiger partial charge is 0.295 e. The van der Waals surface area contributed by atoms with Crippen LogP contribution in [0.15, 0.2) is 53.4 Å². The molecule has 0 aliphatic heterocycles. The standard InChI is InChI=1S/C16H16O3S/c1-12-3-5-14(6-4-12)11-20(18,19)16-9-7-15(8-10-16)13(2)17/h3-10H,11H2,1-2H3. The second-order valence-corrected chi connectivity index (χ2v) is 6.81. The van der Waals surface area contributed by atoms with Crippen molar-refractivity contribution in [1.82, 2.24) is 0 Å². The first-order chi connectivity index (χ1) is 9.38. The maximum absolute atomic E-state index is 12.3. The van der Waals surface area contributed by atoms with Gasteiger partial charge in [0.1, 0.15) is 0 Å². The van der Waals surface area contributed by atoms with Crippen LogP contribution in [0.4, 0.5) is 0 Å². The van der Waals surface area contributed by atoms with Crippen LogP contribution in [-0.2, 0) is 15.6 Å². The van der Waals surface area contributed by atoms with Gasteiger partial charge in [0.15, 0.2) is 15.6 Å². The van der Waals surface area contributed by atoms with Crippen LogP contribution in [0.5, 0.6) is 0 Å². The Bertz CT molecular complexity index is 711. The minimum atomic E-state index is -3.38. The Balaban J connectivity index is 2.26. The quantitative estimate of drug-likeness (QED) is 0.812. The van der Waals surface area contributed by atoms with Gasteiger partial charge in [0.05, 0.1) is 10.6 Å². The number of ketones is 1. The molecule has 0 fully saturated rings. The van der Waals surface area contributed by atoms with Crippen LogP contribution < -0.4 is 0 Å². The summed E-state index contributed by atoms with van der Waals surface area (Å²) >= 11 is 0. The molecule has 0 unspecified atom stereocenters. The third-order valence-corrected chi connectivity index (χ3v) is 4.80. The smallest absolute Gasteiger partial charge is 0.182 e. The van der Waals surface area contributed by atoms with Crippen LogP contribution in [-0.4, -0.2) is 14.2 Å². The molecule has 3 nitrogen and oxygen atoms in total. The van der Waals surface area contributed by atoms with Gasteiger partial charge in [-0.05, 0) is 31.5 Å². The highest BCUT2D eigenvalue weighted by atomic mass is 32.2. The van der Waals surface area contributed by atoms with Gasteiger partial charge in [0.2, 0.25) is 0 Å². The Labute approximate surface area is 119 Å². The molecule has 0 radical (unpaired) electrons. The first-order valence-electron chi connectivity index (χ1n) is 6.28. The van der Waals surface area contributed by atoms with E-state index >= 15 is 0 Å². The van der Waals surface area contributed by atoms with E-state index in [9.17, 15) is 13.2 Å². The molecule has 0 saturated heterocycles. The fourth-order valence-corrected chi connectivity index (χ4v) is 3.23. The highest BCUT2D eigenvalue weighted by Gasteiger charge is 2.15. The molecule has 0 heterocycles. The van der Waals surface area contributed by atoms with E-state index in [-0.39, 0.29) is 16.4 Å². The number of hydrogen-bond acceptors (Lipinski definition) is 3. The van der Waals surface area contributed by atoms with Gasteiger partial charge in [0, 0.05) is 5.56 Å². The number of carbonyl (C=O) groups is 1. The summed E-state index contributed by atoms with van der Waals surface area (Å²) in [6, 6.07) is 13.5. The normalized spacial score (nSPS) is 11.3. The Kier molecular flexibility index (Phi) is 4.04. The fraction of sp³-hybridized carbons (Fsp3) is 0.188. The Morgan fingerprint density at radius 1 is 0.950 bits per heavy atom. The molecule has 0 bridgehead atoms. The van der Waals surface area contributed by atoms with E-state index < -0.39 is 9.84 Å². The highest BCUT2D eigenvalue weighted by molar-refractivity contribution is 7.90. The lowest BCUT2D eigenvalue weighted by Crippen LogP contribution is -2.05. The third kappa shape index (κ3) is 3.33. The van der Waals surface area contributed by atoms with Gasteiger partial charge >= 0.3 is 0 Å². The summed E-state index contributed by atoms with van der Waals surface area (Å²) in [5, 5.41) is 0. The van der Waals surface area contributed by atoms with Gasteiger partial charge in [-0.3, -0.25) is 4.79 Å². The van der Waals surface area contributed by atoms with Gasteiger partial charge in [0.25, 0.3) is 0 Å². The van der Waals surface area contributed by atoms with E-state index in [2.05, 4.69) is 0 Å². The van der Waals surface area contributed by atoms with E-state index in [0.29, 0.717) is 5.56 Å². The maximum atomic E-state index is 12.3. The molecule has 104 valence electrons. The number of carbonyl (C=O) groups excluding carboxylic acids is 1. The van der Waals surface area contributed by atoms with Crippen LogP contribution >= 0.6 is 0 Å². The molecule has 0 aliphatic rings. The molecule has 0 saturated carbocycles.